The molecule has 0 aliphatic carbocycles. The van der Waals surface area contributed by atoms with Gasteiger partial charge in [-0.2, -0.15) is 0 Å². The molecular weight excluding hydrogens is 332 g/mol. The van der Waals surface area contributed by atoms with E-state index in [1.54, 1.807) is 0 Å². The summed E-state index contributed by atoms with van der Waals surface area (Å²) >= 11 is 0. The Morgan fingerprint density at radius 2 is 1.50 bits per heavy atom. The van der Waals surface area contributed by atoms with E-state index in [4.69, 9.17) is 14.9 Å². The molecule has 2 N–H and O–H groups in total. The highest BCUT2D eigenvalue weighted by molar-refractivity contribution is 5.82. The molecule has 0 amide bonds. The number of ketones is 1. The van der Waals surface area contributed by atoms with Crippen LogP contribution in [0.3, 0.4) is 0 Å². The number of hydrogen-bond donors (Lipinski definition) is 2. The second-order valence-electron chi connectivity index (χ2n) is 6.83. The SMILES string of the molecule is CCCCCCCC/C=C\CCCCC(=O)CCC(=O)OCC(O)CO. The van der Waals surface area contributed by atoms with Gasteiger partial charge in [-0.25, -0.2) is 0 Å². The zero-order valence-electron chi connectivity index (χ0n) is 16.5. The van der Waals surface area contributed by atoms with Gasteiger partial charge in [-0.1, -0.05) is 51.2 Å². The van der Waals surface area contributed by atoms with Gasteiger partial charge in [0.15, 0.2) is 0 Å². The molecular formula is C21H38O5. The normalized spacial score (nSPS) is 12.4. The first-order valence-electron chi connectivity index (χ1n) is 10.2. The molecule has 0 fully saturated rings. The minimum atomic E-state index is -1.05. The summed E-state index contributed by atoms with van der Waals surface area (Å²) in [7, 11) is 0. The van der Waals surface area contributed by atoms with Crippen molar-refractivity contribution in [2.75, 3.05) is 13.2 Å². The maximum Gasteiger partial charge on any atom is 0.306 e. The lowest BCUT2D eigenvalue weighted by Gasteiger charge is -2.08. The van der Waals surface area contributed by atoms with Crippen LogP contribution in [0.2, 0.25) is 0 Å². The maximum atomic E-state index is 11.7. The number of aliphatic hydroxyl groups is 2. The summed E-state index contributed by atoms with van der Waals surface area (Å²) in [5.74, 6) is -0.441. The molecule has 1 unspecified atom stereocenters. The molecule has 5 heteroatoms. The predicted molar refractivity (Wildman–Crippen MR) is 104 cm³/mol. The van der Waals surface area contributed by atoms with Crippen LogP contribution in [0.25, 0.3) is 0 Å². The molecule has 0 spiro atoms. The molecule has 0 saturated carbocycles. The Bertz CT molecular complexity index is 379. The number of rotatable bonds is 18. The molecule has 0 bridgehead atoms. The number of ether oxygens (including phenoxy) is 1. The molecule has 0 aliphatic heterocycles. The molecule has 1 atom stereocenters. The highest BCUT2D eigenvalue weighted by atomic mass is 16.5. The minimum absolute atomic E-state index is 0.0368. The van der Waals surface area contributed by atoms with Gasteiger partial charge in [-0.15, -0.1) is 0 Å². The molecule has 0 radical (unpaired) electrons. The smallest absolute Gasteiger partial charge is 0.306 e. The Morgan fingerprint density at radius 3 is 2.15 bits per heavy atom. The van der Waals surface area contributed by atoms with Crippen LogP contribution in [0.5, 0.6) is 0 Å². The van der Waals surface area contributed by atoms with Crippen LogP contribution >= 0.6 is 0 Å². The third-order valence-corrected chi connectivity index (χ3v) is 4.22. The molecule has 0 saturated heterocycles. The van der Waals surface area contributed by atoms with Gasteiger partial charge >= 0.3 is 5.97 Å². The van der Waals surface area contributed by atoms with Crippen LogP contribution in [0.1, 0.15) is 90.4 Å². The van der Waals surface area contributed by atoms with Crippen molar-refractivity contribution in [2.45, 2.75) is 96.5 Å². The van der Waals surface area contributed by atoms with Gasteiger partial charge in [-0.05, 0) is 32.1 Å². The van der Waals surface area contributed by atoms with Crippen molar-refractivity contribution in [2.24, 2.45) is 0 Å². The van der Waals surface area contributed by atoms with Crippen LogP contribution in [0.15, 0.2) is 12.2 Å². The average molecular weight is 371 g/mol. The molecule has 5 nitrogen and oxygen atoms in total. The Labute approximate surface area is 158 Å². The Balaban J connectivity index is 3.43. The summed E-state index contributed by atoms with van der Waals surface area (Å²) in [4.78, 5) is 23.1. The average Bonchev–Trinajstić information content (AvgIpc) is 2.65. The maximum absolute atomic E-state index is 11.7. The van der Waals surface area contributed by atoms with E-state index in [0.29, 0.717) is 6.42 Å². The van der Waals surface area contributed by atoms with Crippen molar-refractivity contribution in [3.63, 3.8) is 0 Å². The number of aliphatic hydroxyl groups excluding tert-OH is 2. The van der Waals surface area contributed by atoms with Gasteiger partial charge in [0.25, 0.3) is 0 Å². The lowest BCUT2D eigenvalue weighted by atomic mass is 10.1. The monoisotopic (exact) mass is 370 g/mol. The van der Waals surface area contributed by atoms with E-state index in [0.717, 1.165) is 25.7 Å². The van der Waals surface area contributed by atoms with Crippen LogP contribution in [0.4, 0.5) is 0 Å². The van der Waals surface area contributed by atoms with E-state index in [-0.39, 0.29) is 25.2 Å². The van der Waals surface area contributed by atoms with Gasteiger partial charge in [-0.3, -0.25) is 9.59 Å². The standard InChI is InChI=1S/C21H38O5/c1-2-3-4-5-6-7-8-9-10-11-12-13-14-19(23)15-16-21(25)26-18-20(24)17-22/h9-10,20,22,24H,2-8,11-18H2,1H3/b10-9-. The van der Waals surface area contributed by atoms with Crippen LogP contribution in [0, 0.1) is 0 Å². The highest BCUT2D eigenvalue weighted by Gasteiger charge is 2.10. The largest absolute Gasteiger partial charge is 0.463 e. The van der Waals surface area contributed by atoms with E-state index in [9.17, 15) is 9.59 Å². The van der Waals surface area contributed by atoms with Gasteiger partial charge in [0.05, 0.1) is 13.0 Å². The van der Waals surface area contributed by atoms with E-state index >= 15 is 0 Å². The van der Waals surface area contributed by atoms with E-state index in [1.165, 1.54) is 38.5 Å². The fraction of sp³-hybridized carbons (Fsp3) is 0.810. The van der Waals surface area contributed by atoms with Crippen LogP contribution < -0.4 is 0 Å². The van der Waals surface area contributed by atoms with Gasteiger partial charge < -0.3 is 14.9 Å². The molecule has 0 aromatic rings. The fourth-order valence-corrected chi connectivity index (χ4v) is 2.54. The molecule has 0 aromatic heterocycles. The number of esters is 1. The number of carbonyl (C=O) groups excluding carboxylic acids is 2. The molecule has 152 valence electrons. The molecule has 0 rings (SSSR count). The molecule has 0 heterocycles. The molecule has 0 aliphatic rings. The van der Waals surface area contributed by atoms with Crippen LogP contribution in [-0.4, -0.2) is 41.3 Å². The Morgan fingerprint density at radius 1 is 0.885 bits per heavy atom. The van der Waals surface area contributed by atoms with E-state index in [1.807, 2.05) is 0 Å². The molecule has 0 aromatic carbocycles. The summed E-state index contributed by atoms with van der Waals surface area (Å²) in [6.07, 6.45) is 16.0. The third kappa shape index (κ3) is 17.6. The minimum Gasteiger partial charge on any atom is -0.463 e. The molecule has 26 heavy (non-hydrogen) atoms. The van der Waals surface area contributed by atoms with Crippen molar-refractivity contribution in [3.05, 3.63) is 12.2 Å². The van der Waals surface area contributed by atoms with Crippen LogP contribution in [-0.2, 0) is 14.3 Å². The highest BCUT2D eigenvalue weighted by Crippen LogP contribution is 2.09. The summed E-state index contributed by atoms with van der Waals surface area (Å²) in [5, 5.41) is 17.7. The van der Waals surface area contributed by atoms with Crippen molar-refractivity contribution >= 4 is 11.8 Å². The van der Waals surface area contributed by atoms with Crippen molar-refractivity contribution in [3.8, 4) is 0 Å². The number of unbranched alkanes of at least 4 members (excludes halogenated alkanes) is 8. The summed E-state index contributed by atoms with van der Waals surface area (Å²) in [5.41, 5.74) is 0. The summed E-state index contributed by atoms with van der Waals surface area (Å²) < 4.78 is 4.75. The van der Waals surface area contributed by atoms with Gasteiger partial charge in [0.1, 0.15) is 18.5 Å². The first-order chi connectivity index (χ1) is 12.6. The number of Topliss-reactive ketones (excluding diaryl/α,β-unsaturated/α-hetero) is 1. The first-order valence-corrected chi connectivity index (χ1v) is 10.2. The van der Waals surface area contributed by atoms with Crippen molar-refractivity contribution in [1.29, 1.82) is 0 Å². The second kappa shape index (κ2) is 18.6. The Kier molecular flexibility index (Phi) is 17.7. The lowest BCUT2D eigenvalue weighted by molar-refractivity contribution is -0.148. The van der Waals surface area contributed by atoms with E-state index in [2.05, 4.69) is 19.1 Å². The van der Waals surface area contributed by atoms with Gasteiger partial charge in [0, 0.05) is 12.8 Å². The first kappa shape index (κ1) is 24.8. The van der Waals surface area contributed by atoms with E-state index < -0.39 is 18.7 Å². The predicted octanol–water partition coefficient (Wildman–Crippen LogP) is 4.10. The number of hydrogen-bond acceptors (Lipinski definition) is 5. The van der Waals surface area contributed by atoms with Gasteiger partial charge in [0.2, 0.25) is 0 Å². The third-order valence-electron chi connectivity index (χ3n) is 4.22. The van der Waals surface area contributed by atoms with Crippen molar-refractivity contribution < 1.29 is 24.5 Å². The van der Waals surface area contributed by atoms with Crippen molar-refractivity contribution in [1.82, 2.24) is 0 Å². The second-order valence-corrected chi connectivity index (χ2v) is 6.83. The Hall–Kier alpha value is -1.20. The summed E-state index contributed by atoms with van der Waals surface area (Å²) in [6, 6.07) is 0. The number of allylic oxidation sites excluding steroid dienone is 2. The summed E-state index contributed by atoms with van der Waals surface area (Å²) in [6.45, 7) is 1.56. The quantitative estimate of drug-likeness (QED) is 0.216. The fourth-order valence-electron chi connectivity index (χ4n) is 2.54. The topological polar surface area (TPSA) is 83.8 Å². The lowest BCUT2D eigenvalue weighted by Crippen LogP contribution is -2.22. The zero-order valence-corrected chi connectivity index (χ0v) is 16.5. The number of carbonyl (C=O) groups is 2. The zero-order chi connectivity index (χ0) is 19.5.